The molecular weight excluding hydrogens is 328 g/mol. The molecule has 2 amide bonds. The van der Waals surface area contributed by atoms with Gasteiger partial charge < -0.3 is 15.2 Å². The summed E-state index contributed by atoms with van der Waals surface area (Å²) in [5.74, 6) is 0.812. The van der Waals surface area contributed by atoms with E-state index in [0.29, 0.717) is 33.8 Å². The van der Waals surface area contributed by atoms with Gasteiger partial charge in [-0.1, -0.05) is 29.9 Å². The summed E-state index contributed by atoms with van der Waals surface area (Å²) in [7, 11) is 2.97. The monoisotopic (exact) mass is 342 g/mol. The molecule has 1 aromatic carbocycles. The summed E-state index contributed by atoms with van der Waals surface area (Å²) in [6, 6.07) is 2.41. The summed E-state index contributed by atoms with van der Waals surface area (Å²) >= 11 is 7.41. The molecule has 0 aliphatic carbocycles. The van der Waals surface area contributed by atoms with Gasteiger partial charge in [0, 0.05) is 6.07 Å². The van der Waals surface area contributed by atoms with Crippen LogP contribution in [0.25, 0.3) is 0 Å². The average molecular weight is 343 g/mol. The van der Waals surface area contributed by atoms with E-state index in [2.05, 4.69) is 10.2 Å². The van der Waals surface area contributed by atoms with E-state index in [4.69, 9.17) is 26.8 Å². The molecule has 0 saturated heterocycles. The van der Waals surface area contributed by atoms with Crippen molar-refractivity contribution >= 4 is 39.8 Å². The van der Waals surface area contributed by atoms with Gasteiger partial charge in [-0.2, -0.15) is 0 Å². The summed E-state index contributed by atoms with van der Waals surface area (Å²) in [5.41, 5.74) is 5.87. The molecule has 1 heterocycles. The van der Waals surface area contributed by atoms with E-state index >= 15 is 0 Å². The van der Waals surface area contributed by atoms with Gasteiger partial charge >= 0.3 is 6.03 Å². The highest BCUT2D eigenvalue weighted by atomic mass is 35.5. The summed E-state index contributed by atoms with van der Waals surface area (Å²) < 4.78 is 10.4. The maximum absolute atomic E-state index is 11.9. The van der Waals surface area contributed by atoms with E-state index in [0.717, 1.165) is 5.01 Å². The maximum atomic E-state index is 11.9. The number of aromatic nitrogens is 2. The van der Waals surface area contributed by atoms with Crippen LogP contribution in [0.4, 0.5) is 15.6 Å². The average Bonchev–Trinajstić information content (AvgIpc) is 2.96. The van der Waals surface area contributed by atoms with Crippen LogP contribution >= 0.6 is 22.9 Å². The van der Waals surface area contributed by atoms with Crippen LogP contribution in [0.3, 0.4) is 0 Å². The number of nitrogens with two attached hydrogens (primary N) is 1. The minimum absolute atomic E-state index is 0.324. The molecule has 7 nitrogen and oxygen atoms in total. The van der Waals surface area contributed by atoms with Gasteiger partial charge in [0.1, 0.15) is 16.5 Å². The topological polar surface area (TPSA) is 90.6 Å². The first-order chi connectivity index (χ1) is 10.5. The lowest BCUT2D eigenvalue weighted by atomic mass is 10.2. The van der Waals surface area contributed by atoms with Crippen LogP contribution in [0, 0.1) is 0 Å². The minimum Gasteiger partial charge on any atom is -0.495 e. The second-order valence-corrected chi connectivity index (χ2v) is 5.61. The molecule has 0 aliphatic rings. The number of halogens is 1. The predicted molar refractivity (Wildman–Crippen MR) is 85.6 cm³/mol. The number of primary amides is 1. The van der Waals surface area contributed by atoms with Gasteiger partial charge in [0.05, 0.1) is 24.9 Å². The number of benzene rings is 1. The Morgan fingerprint density at radius 3 is 2.50 bits per heavy atom. The van der Waals surface area contributed by atoms with Crippen LogP contribution in [-0.2, 0) is 6.42 Å². The number of hydrogen-bond donors (Lipinski definition) is 1. The van der Waals surface area contributed by atoms with Crippen LogP contribution in [0.5, 0.6) is 11.5 Å². The Morgan fingerprint density at radius 2 is 2.00 bits per heavy atom. The number of methoxy groups -OCH3 is 2. The molecule has 2 rings (SSSR count). The molecule has 1 aromatic heterocycles. The smallest absolute Gasteiger partial charge is 0.325 e. The highest BCUT2D eigenvalue weighted by molar-refractivity contribution is 7.15. The van der Waals surface area contributed by atoms with Crippen molar-refractivity contribution in [2.24, 2.45) is 5.73 Å². The van der Waals surface area contributed by atoms with Gasteiger partial charge in [-0.25, -0.2) is 9.69 Å². The molecule has 0 radical (unpaired) electrons. The Morgan fingerprint density at radius 1 is 1.32 bits per heavy atom. The van der Waals surface area contributed by atoms with Crippen molar-refractivity contribution < 1.29 is 14.3 Å². The number of nitrogens with zero attached hydrogens (tertiary/aromatic N) is 3. The minimum atomic E-state index is -0.710. The Balaban J connectivity index is 2.57. The Bertz CT molecular complexity index is 692. The number of carbonyl (C=O) groups excluding carboxylic acids is 1. The van der Waals surface area contributed by atoms with Gasteiger partial charge in [0.15, 0.2) is 0 Å². The van der Waals surface area contributed by atoms with Crippen molar-refractivity contribution in [3.05, 3.63) is 22.2 Å². The van der Waals surface area contributed by atoms with Gasteiger partial charge in [-0.05, 0) is 12.5 Å². The van der Waals surface area contributed by atoms with Crippen molar-refractivity contribution in [2.45, 2.75) is 13.3 Å². The molecule has 0 unspecified atom stereocenters. The van der Waals surface area contributed by atoms with Gasteiger partial charge in [0.2, 0.25) is 5.13 Å². The fourth-order valence-corrected chi connectivity index (χ4v) is 2.85. The highest BCUT2D eigenvalue weighted by Crippen LogP contribution is 2.41. The molecule has 0 spiro atoms. The zero-order valence-corrected chi connectivity index (χ0v) is 13.9. The lowest BCUT2D eigenvalue weighted by Crippen LogP contribution is -2.31. The van der Waals surface area contributed by atoms with Crippen LogP contribution in [0.2, 0.25) is 5.02 Å². The third-order valence-electron chi connectivity index (χ3n) is 2.86. The lowest BCUT2D eigenvalue weighted by molar-refractivity contribution is 0.256. The fraction of sp³-hybridized carbons (Fsp3) is 0.308. The fourth-order valence-electron chi connectivity index (χ4n) is 1.81. The number of anilines is 2. The molecular formula is C13H15ClN4O3S. The number of urea groups is 1. The molecule has 0 atom stereocenters. The second-order valence-electron chi connectivity index (χ2n) is 4.16. The number of rotatable bonds is 5. The molecule has 9 heteroatoms. The number of aryl methyl sites for hydroxylation is 1. The molecule has 2 aromatic rings. The molecule has 2 N–H and O–H groups in total. The lowest BCUT2D eigenvalue weighted by Gasteiger charge is -2.20. The van der Waals surface area contributed by atoms with Crippen molar-refractivity contribution in [2.75, 3.05) is 19.1 Å². The van der Waals surface area contributed by atoms with E-state index in [1.807, 2.05) is 6.92 Å². The Labute approximate surface area is 136 Å². The summed E-state index contributed by atoms with van der Waals surface area (Å²) in [6.45, 7) is 1.95. The van der Waals surface area contributed by atoms with Gasteiger partial charge in [0.25, 0.3) is 0 Å². The standard InChI is InChI=1S/C13H15ClN4O3S/c1-4-11-16-17-13(22-11)18(12(15)19)8-5-7(14)9(20-2)6-10(8)21-3/h5-6H,4H2,1-3H3,(H2,15,19). The van der Waals surface area contributed by atoms with E-state index in [1.165, 1.54) is 36.5 Å². The first-order valence-electron chi connectivity index (χ1n) is 6.35. The first-order valence-corrected chi connectivity index (χ1v) is 7.54. The molecule has 118 valence electrons. The first kappa shape index (κ1) is 16.3. The van der Waals surface area contributed by atoms with Crippen LogP contribution in [0.15, 0.2) is 12.1 Å². The SMILES string of the molecule is CCc1nnc(N(C(N)=O)c2cc(Cl)c(OC)cc2OC)s1. The number of carbonyl (C=O) groups is 1. The van der Waals surface area contributed by atoms with Gasteiger partial charge in [-0.15, -0.1) is 10.2 Å². The van der Waals surface area contributed by atoms with E-state index in [-0.39, 0.29) is 0 Å². The normalized spacial score (nSPS) is 10.4. The third kappa shape index (κ3) is 3.07. The molecule has 0 saturated carbocycles. The Kier molecular flexibility index (Phi) is 5.04. The largest absolute Gasteiger partial charge is 0.495 e. The van der Waals surface area contributed by atoms with Crippen molar-refractivity contribution in [3.63, 3.8) is 0 Å². The van der Waals surface area contributed by atoms with E-state index < -0.39 is 6.03 Å². The van der Waals surface area contributed by atoms with Crippen molar-refractivity contribution in [3.8, 4) is 11.5 Å². The van der Waals surface area contributed by atoms with Crippen LogP contribution in [-0.4, -0.2) is 30.4 Å². The molecule has 0 fully saturated rings. The summed E-state index contributed by atoms with van der Waals surface area (Å²) in [5, 5.41) is 9.46. The zero-order valence-electron chi connectivity index (χ0n) is 12.3. The molecule has 0 aliphatic heterocycles. The van der Waals surface area contributed by atoms with Crippen LogP contribution < -0.4 is 20.1 Å². The predicted octanol–water partition coefficient (Wildman–Crippen LogP) is 2.99. The quantitative estimate of drug-likeness (QED) is 0.902. The van der Waals surface area contributed by atoms with E-state index in [9.17, 15) is 4.79 Å². The molecule has 22 heavy (non-hydrogen) atoms. The summed E-state index contributed by atoms with van der Waals surface area (Å²) in [6.07, 6.45) is 0.713. The number of hydrogen-bond acceptors (Lipinski definition) is 6. The van der Waals surface area contributed by atoms with Crippen molar-refractivity contribution in [1.29, 1.82) is 0 Å². The summed E-state index contributed by atoms with van der Waals surface area (Å²) in [4.78, 5) is 13.1. The van der Waals surface area contributed by atoms with Crippen LogP contribution in [0.1, 0.15) is 11.9 Å². The van der Waals surface area contributed by atoms with Crippen molar-refractivity contribution in [1.82, 2.24) is 10.2 Å². The highest BCUT2D eigenvalue weighted by Gasteiger charge is 2.24. The number of ether oxygens (including phenoxy) is 2. The maximum Gasteiger partial charge on any atom is 0.325 e. The third-order valence-corrected chi connectivity index (χ3v) is 4.21. The molecule has 0 bridgehead atoms. The Hall–Kier alpha value is -2.06. The zero-order chi connectivity index (χ0) is 16.3. The van der Waals surface area contributed by atoms with Gasteiger partial charge in [-0.3, -0.25) is 0 Å². The second kappa shape index (κ2) is 6.80. The number of amides is 2. The van der Waals surface area contributed by atoms with E-state index in [1.54, 1.807) is 6.07 Å².